The van der Waals surface area contributed by atoms with Gasteiger partial charge in [-0.25, -0.2) is 4.79 Å². The molecule has 0 aliphatic heterocycles. The van der Waals surface area contributed by atoms with Crippen LogP contribution in [0.2, 0.25) is 0 Å². The molecule has 0 heterocycles. The second-order valence-electron chi connectivity index (χ2n) is 3.77. The molecule has 0 fully saturated rings. The molecular weight excluding hydrogens is 340 g/mol. The highest BCUT2D eigenvalue weighted by Gasteiger charge is 2.13. The minimum atomic E-state index is -0.552. The molecule has 0 aromatic rings. The van der Waals surface area contributed by atoms with Crippen LogP contribution in [0, 0.1) is 0 Å². The molecule has 0 aromatic heterocycles. The van der Waals surface area contributed by atoms with Gasteiger partial charge in [-0.2, -0.15) is 0 Å². The Morgan fingerprint density at radius 2 is 1.38 bits per heavy atom. The van der Waals surface area contributed by atoms with Gasteiger partial charge in [-0.3, -0.25) is 0 Å². The van der Waals surface area contributed by atoms with Crippen molar-refractivity contribution in [2.24, 2.45) is 0 Å². The Morgan fingerprint density at radius 3 is 1.69 bits per heavy atom. The van der Waals surface area contributed by atoms with Crippen LogP contribution in [0.3, 0.4) is 0 Å². The van der Waals surface area contributed by atoms with Gasteiger partial charge in [-0.1, -0.05) is 31.9 Å². The molecule has 0 saturated heterocycles. The zero-order valence-electron chi connectivity index (χ0n) is 9.88. The van der Waals surface area contributed by atoms with E-state index in [-0.39, 0.29) is 12.2 Å². The third-order valence-electron chi connectivity index (χ3n) is 2.08. The minimum Gasteiger partial charge on any atom is -0.431 e. The molecule has 0 aliphatic rings. The van der Waals surface area contributed by atoms with Crippen LogP contribution in [0.1, 0.15) is 39.5 Å². The lowest BCUT2D eigenvalue weighted by atomic mass is 10.2. The zero-order valence-corrected chi connectivity index (χ0v) is 13.1. The summed E-state index contributed by atoms with van der Waals surface area (Å²) in [7, 11) is 0. The van der Waals surface area contributed by atoms with Gasteiger partial charge in [-0.15, -0.1) is 0 Å². The van der Waals surface area contributed by atoms with E-state index in [9.17, 15) is 4.79 Å². The second-order valence-corrected chi connectivity index (χ2v) is 5.36. The highest BCUT2D eigenvalue weighted by molar-refractivity contribution is 9.09. The van der Waals surface area contributed by atoms with Crippen LogP contribution in [0.15, 0.2) is 0 Å². The molecule has 5 heteroatoms. The molecule has 0 saturated carbocycles. The molecule has 0 N–H and O–H groups in total. The first-order valence-electron chi connectivity index (χ1n) is 5.59. The maximum Gasteiger partial charge on any atom is 0.508 e. The maximum absolute atomic E-state index is 11.3. The van der Waals surface area contributed by atoms with Crippen LogP contribution in [0.4, 0.5) is 4.79 Å². The van der Waals surface area contributed by atoms with Crippen molar-refractivity contribution in [2.75, 3.05) is 10.7 Å². The highest BCUT2D eigenvalue weighted by Crippen LogP contribution is 2.08. The summed E-state index contributed by atoms with van der Waals surface area (Å²) in [5.41, 5.74) is 0. The summed E-state index contributed by atoms with van der Waals surface area (Å²) in [6, 6.07) is 0. The fraction of sp³-hybridized carbons (Fsp3) is 0.909. The first-order chi connectivity index (χ1) is 7.60. The molecule has 0 bridgehead atoms. The van der Waals surface area contributed by atoms with Gasteiger partial charge in [0.1, 0.15) is 12.2 Å². The number of ether oxygens (including phenoxy) is 2. The van der Waals surface area contributed by atoms with Crippen molar-refractivity contribution in [1.82, 2.24) is 0 Å². The number of rotatable bonds is 8. The van der Waals surface area contributed by atoms with Crippen LogP contribution in [0.25, 0.3) is 0 Å². The second kappa shape index (κ2) is 10.4. The van der Waals surface area contributed by atoms with Crippen LogP contribution >= 0.6 is 31.9 Å². The van der Waals surface area contributed by atoms with E-state index in [0.29, 0.717) is 0 Å². The van der Waals surface area contributed by atoms with Crippen molar-refractivity contribution in [1.29, 1.82) is 0 Å². The Bertz CT molecular complexity index is 170. The summed E-state index contributed by atoms with van der Waals surface area (Å²) in [5, 5.41) is 1.86. The Hall–Kier alpha value is 0.230. The number of alkyl halides is 2. The van der Waals surface area contributed by atoms with E-state index in [1.54, 1.807) is 0 Å². The lowest BCUT2D eigenvalue weighted by Gasteiger charge is -2.16. The lowest BCUT2D eigenvalue weighted by molar-refractivity contribution is 0.00365. The molecule has 96 valence electrons. The summed E-state index contributed by atoms with van der Waals surface area (Å²) < 4.78 is 10.2. The third kappa shape index (κ3) is 9.46. The molecule has 0 aromatic carbocycles. The summed E-state index contributed by atoms with van der Waals surface area (Å²) in [5.74, 6) is 0. The predicted octanol–water partition coefficient (Wildman–Crippen LogP) is 4.27. The molecule has 0 spiro atoms. The number of hydrogen-bond acceptors (Lipinski definition) is 3. The fourth-order valence-corrected chi connectivity index (χ4v) is 1.85. The van der Waals surface area contributed by atoms with E-state index < -0.39 is 6.16 Å². The molecule has 0 amide bonds. The van der Waals surface area contributed by atoms with Gasteiger partial charge in [-0.05, 0) is 39.5 Å². The standard InChI is InChI=1S/C11H20Br2O3/c1-9(5-3-7-12)15-11(14)16-10(2)6-4-8-13/h9-10H,3-8H2,1-2H3. The average molecular weight is 360 g/mol. The zero-order chi connectivity index (χ0) is 12.4. The topological polar surface area (TPSA) is 35.5 Å². The Labute approximate surface area is 115 Å². The Kier molecular flexibility index (Phi) is 10.5. The number of hydrogen-bond donors (Lipinski definition) is 0. The van der Waals surface area contributed by atoms with Gasteiger partial charge >= 0.3 is 6.16 Å². The first kappa shape index (κ1) is 16.2. The van der Waals surface area contributed by atoms with E-state index in [1.165, 1.54) is 0 Å². The molecule has 16 heavy (non-hydrogen) atoms. The molecular formula is C11H20Br2O3. The minimum absolute atomic E-state index is 0.0755. The van der Waals surface area contributed by atoms with Gasteiger partial charge < -0.3 is 9.47 Å². The summed E-state index contributed by atoms with van der Waals surface area (Å²) in [6.45, 7) is 3.76. The number of carbonyl (C=O) groups excluding carboxylic acids is 1. The number of halogens is 2. The van der Waals surface area contributed by atoms with Crippen LogP contribution in [-0.4, -0.2) is 29.0 Å². The summed E-state index contributed by atoms with van der Waals surface area (Å²) >= 11 is 6.67. The average Bonchev–Trinajstić information content (AvgIpc) is 2.23. The van der Waals surface area contributed by atoms with Gasteiger partial charge in [0.25, 0.3) is 0 Å². The van der Waals surface area contributed by atoms with E-state index in [0.717, 1.165) is 36.3 Å². The summed E-state index contributed by atoms with van der Waals surface area (Å²) in [4.78, 5) is 11.3. The van der Waals surface area contributed by atoms with Crippen molar-refractivity contribution in [2.45, 2.75) is 51.7 Å². The lowest BCUT2D eigenvalue weighted by Crippen LogP contribution is -2.20. The van der Waals surface area contributed by atoms with Crippen LogP contribution < -0.4 is 0 Å². The Morgan fingerprint density at radius 1 is 1.00 bits per heavy atom. The predicted molar refractivity (Wildman–Crippen MR) is 72.5 cm³/mol. The van der Waals surface area contributed by atoms with Gasteiger partial charge in [0, 0.05) is 10.7 Å². The normalized spacial score (nSPS) is 14.2. The van der Waals surface area contributed by atoms with Gasteiger partial charge in [0.2, 0.25) is 0 Å². The van der Waals surface area contributed by atoms with Gasteiger partial charge in [0.05, 0.1) is 0 Å². The van der Waals surface area contributed by atoms with Crippen molar-refractivity contribution < 1.29 is 14.3 Å². The van der Waals surface area contributed by atoms with Crippen LogP contribution in [-0.2, 0) is 9.47 Å². The van der Waals surface area contributed by atoms with Crippen molar-refractivity contribution in [3.63, 3.8) is 0 Å². The van der Waals surface area contributed by atoms with Crippen LogP contribution in [0.5, 0.6) is 0 Å². The Balaban J connectivity index is 3.63. The van der Waals surface area contributed by atoms with Crippen molar-refractivity contribution in [3.05, 3.63) is 0 Å². The fourth-order valence-electron chi connectivity index (χ4n) is 1.20. The molecule has 2 unspecified atom stereocenters. The van der Waals surface area contributed by atoms with Gasteiger partial charge in [0.15, 0.2) is 0 Å². The maximum atomic E-state index is 11.3. The smallest absolute Gasteiger partial charge is 0.431 e. The molecule has 2 atom stereocenters. The molecule has 0 aliphatic carbocycles. The van der Waals surface area contributed by atoms with Crippen molar-refractivity contribution in [3.8, 4) is 0 Å². The number of carbonyl (C=O) groups is 1. The third-order valence-corrected chi connectivity index (χ3v) is 3.20. The molecule has 0 rings (SSSR count). The quantitative estimate of drug-likeness (QED) is 0.479. The van der Waals surface area contributed by atoms with E-state index in [1.807, 2.05) is 13.8 Å². The van der Waals surface area contributed by atoms with E-state index in [4.69, 9.17) is 9.47 Å². The monoisotopic (exact) mass is 358 g/mol. The first-order valence-corrected chi connectivity index (χ1v) is 7.83. The van der Waals surface area contributed by atoms with Crippen molar-refractivity contribution >= 4 is 38.0 Å². The van der Waals surface area contributed by atoms with E-state index in [2.05, 4.69) is 31.9 Å². The largest absolute Gasteiger partial charge is 0.508 e. The molecule has 0 radical (unpaired) electrons. The highest BCUT2D eigenvalue weighted by atomic mass is 79.9. The SMILES string of the molecule is CC(CCCBr)OC(=O)OC(C)CCCBr. The van der Waals surface area contributed by atoms with E-state index >= 15 is 0 Å². The summed E-state index contributed by atoms with van der Waals surface area (Å²) in [6.07, 6.45) is 3.00. The molecule has 3 nitrogen and oxygen atoms in total.